The maximum absolute atomic E-state index is 4.70. The van der Waals surface area contributed by atoms with E-state index >= 15 is 0 Å². The van der Waals surface area contributed by atoms with Gasteiger partial charge >= 0.3 is 0 Å². The maximum atomic E-state index is 4.70. The predicted molar refractivity (Wildman–Crippen MR) is 64.2 cm³/mol. The van der Waals surface area contributed by atoms with Gasteiger partial charge in [0, 0.05) is 24.2 Å². The number of rotatable bonds is 1. The standard InChI is InChI=1S/C13H21N3/c1-9-11-7-15(13(2,3)4)8-12(11)16(14-9)10-5-6-10/h10H,5-8H2,1-4H3. The van der Waals surface area contributed by atoms with Crippen molar-refractivity contribution in [3.63, 3.8) is 0 Å². The molecule has 2 heterocycles. The Bertz CT molecular complexity index is 421. The fourth-order valence-electron chi connectivity index (χ4n) is 2.53. The molecule has 88 valence electrons. The van der Waals surface area contributed by atoms with Gasteiger partial charge in [0.15, 0.2) is 0 Å². The summed E-state index contributed by atoms with van der Waals surface area (Å²) in [4.78, 5) is 2.55. The first-order valence-electron chi connectivity index (χ1n) is 6.29. The molecule has 1 saturated carbocycles. The van der Waals surface area contributed by atoms with Gasteiger partial charge in [0.2, 0.25) is 0 Å². The molecule has 3 rings (SSSR count). The third kappa shape index (κ3) is 1.49. The van der Waals surface area contributed by atoms with Crippen LogP contribution in [0.4, 0.5) is 0 Å². The monoisotopic (exact) mass is 219 g/mol. The highest BCUT2D eigenvalue weighted by atomic mass is 15.4. The van der Waals surface area contributed by atoms with Crippen LogP contribution in [0.25, 0.3) is 0 Å². The minimum atomic E-state index is 0.264. The van der Waals surface area contributed by atoms with Gasteiger partial charge in [-0.15, -0.1) is 0 Å². The van der Waals surface area contributed by atoms with Crippen LogP contribution >= 0.6 is 0 Å². The van der Waals surface area contributed by atoms with Gasteiger partial charge in [-0.3, -0.25) is 9.58 Å². The highest BCUT2D eigenvalue weighted by molar-refractivity contribution is 5.30. The lowest BCUT2D eigenvalue weighted by Gasteiger charge is -2.31. The van der Waals surface area contributed by atoms with Crippen molar-refractivity contribution in [2.75, 3.05) is 0 Å². The zero-order valence-electron chi connectivity index (χ0n) is 10.7. The smallest absolute Gasteiger partial charge is 0.0642 e. The lowest BCUT2D eigenvalue weighted by Crippen LogP contribution is -2.37. The number of nitrogens with zero attached hydrogens (tertiary/aromatic N) is 3. The second-order valence-corrected chi connectivity index (χ2v) is 6.21. The number of fused-ring (bicyclic) bond motifs is 1. The van der Waals surface area contributed by atoms with Crippen molar-refractivity contribution in [3.05, 3.63) is 17.0 Å². The van der Waals surface area contributed by atoms with Crippen molar-refractivity contribution in [2.45, 2.75) is 65.2 Å². The number of hydrogen-bond donors (Lipinski definition) is 0. The Morgan fingerprint density at radius 2 is 1.88 bits per heavy atom. The average molecular weight is 219 g/mol. The lowest BCUT2D eigenvalue weighted by molar-refractivity contribution is 0.132. The quantitative estimate of drug-likeness (QED) is 0.724. The number of aromatic nitrogens is 2. The van der Waals surface area contributed by atoms with Crippen LogP contribution in [0, 0.1) is 6.92 Å². The fraction of sp³-hybridized carbons (Fsp3) is 0.769. The van der Waals surface area contributed by atoms with Crippen molar-refractivity contribution < 1.29 is 0 Å². The molecule has 1 aliphatic carbocycles. The SMILES string of the molecule is Cc1nn(C2CC2)c2c1CN(C(C)(C)C)C2. The van der Waals surface area contributed by atoms with Crippen molar-refractivity contribution in [1.29, 1.82) is 0 Å². The first kappa shape index (κ1) is 10.3. The van der Waals surface area contributed by atoms with Crippen LogP contribution in [-0.4, -0.2) is 20.2 Å². The van der Waals surface area contributed by atoms with Gasteiger partial charge in [0.1, 0.15) is 0 Å². The molecule has 1 aromatic rings. The molecule has 2 aliphatic rings. The maximum Gasteiger partial charge on any atom is 0.0642 e. The van der Waals surface area contributed by atoms with Crippen LogP contribution in [0.15, 0.2) is 0 Å². The molecule has 3 nitrogen and oxygen atoms in total. The average Bonchev–Trinajstić information content (AvgIpc) is 2.81. The second kappa shape index (κ2) is 3.10. The van der Waals surface area contributed by atoms with E-state index < -0.39 is 0 Å². The van der Waals surface area contributed by atoms with E-state index in [-0.39, 0.29) is 5.54 Å². The molecule has 1 aliphatic heterocycles. The first-order chi connectivity index (χ1) is 7.47. The van der Waals surface area contributed by atoms with Crippen LogP contribution in [0.2, 0.25) is 0 Å². The molecule has 0 unspecified atom stereocenters. The topological polar surface area (TPSA) is 21.1 Å². The molecule has 0 spiro atoms. The van der Waals surface area contributed by atoms with E-state index in [2.05, 4.69) is 37.3 Å². The van der Waals surface area contributed by atoms with Gasteiger partial charge in [0.05, 0.1) is 17.4 Å². The van der Waals surface area contributed by atoms with E-state index in [1.54, 1.807) is 0 Å². The summed E-state index contributed by atoms with van der Waals surface area (Å²) in [7, 11) is 0. The van der Waals surface area contributed by atoms with E-state index in [0.717, 1.165) is 13.1 Å². The Labute approximate surface area is 97.4 Å². The summed E-state index contributed by atoms with van der Waals surface area (Å²) >= 11 is 0. The molecule has 0 saturated heterocycles. The molecular weight excluding hydrogens is 198 g/mol. The summed E-state index contributed by atoms with van der Waals surface area (Å²) in [5.74, 6) is 0. The Morgan fingerprint density at radius 3 is 2.44 bits per heavy atom. The highest BCUT2D eigenvalue weighted by Gasteiger charge is 2.36. The summed E-state index contributed by atoms with van der Waals surface area (Å²) in [6, 6.07) is 0.711. The van der Waals surface area contributed by atoms with Crippen molar-refractivity contribution in [3.8, 4) is 0 Å². The largest absolute Gasteiger partial charge is 0.288 e. The molecule has 0 atom stereocenters. The van der Waals surface area contributed by atoms with E-state index in [1.165, 1.54) is 29.8 Å². The van der Waals surface area contributed by atoms with Gasteiger partial charge < -0.3 is 0 Å². The second-order valence-electron chi connectivity index (χ2n) is 6.21. The third-order valence-corrected chi connectivity index (χ3v) is 3.85. The minimum absolute atomic E-state index is 0.264. The van der Waals surface area contributed by atoms with Crippen LogP contribution in [0.3, 0.4) is 0 Å². The Morgan fingerprint density at radius 1 is 1.19 bits per heavy atom. The molecule has 0 N–H and O–H groups in total. The van der Waals surface area contributed by atoms with Gasteiger partial charge in [-0.05, 0) is 40.5 Å². The predicted octanol–water partition coefficient (Wildman–Crippen LogP) is 2.64. The third-order valence-electron chi connectivity index (χ3n) is 3.85. The van der Waals surface area contributed by atoms with Crippen LogP contribution < -0.4 is 0 Å². The molecule has 1 fully saturated rings. The van der Waals surface area contributed by atoms with Gasteiger partial charge in [-0.1, -0.05) is 0 Å². The zero-order chi connectivity index (χ0) is 11.5. The van der Waals surface area contributed by atoms with Crippen molar-refractivity contribution >= 4 is 0 Å². The highest BCUT2D eigenvalue weighted by Crippen LogP contribution is 2.40. The van der Waals surface area contributed by atoms with E-state index in [4.69, 9.17) is 5.10 Å². The summed E-state index contributed by atoms with van der Waals surface area (Å²) in [6.45, 7) is 11.2. The van der Waals surface area contributed by atoms with Crippen LogP contribution in [0.1, 0.15) is 56.6 Å². The van der Waals surface area contributed by atoms with Crippen molar-refractivity contribution in [2.24, 2.45) is 0 Å². The first-order valence-corrected chi connectivity index (χ1v) is 6.29. The Kier molecular flexibility index (Phi) is 2.00. The molecule has 0 bridgehead atoms. The van der Waals surface area contributed by atoms with E-state index in [1.807, 2.05) is 0 Å². The van der Waals surface area contributed by atoms with Gasteiger partial charge in [0.25, 0.3) is 0 Å². The normalized spacial score (nSPS) is 21.5. The van der Waals surface area contributed by atoms with Crippen LogP contribution in [-0.2, 0) is 13.1 Å². The molecule has 16 heavy (non-hydrogen) atoms. The van der Waals surface area contributed by atoms with Crippen LogP contribution in [0.5, 0.6) is 0 Å². The Hall–Kier alpha value is -0.830. The van der Waals surface area contributed by atoms with E-state index in [0.29, 0.717) is 6.04 Å². The summed E-state index contributed by atoms with van der Waals surface area (Å²) in [6.07, 6.45) is 2.64. The molecule has 3 heteroatoms. The Balaban J connectivity index is 1.94. The molecule has 0 radical (unpaired) electrons. The van der Waals surface area contributed by atoms with Crippen molar-refractivity contribution in [1.82, 2.24) is 14.7 Å². The summed E-state index contributed by atoms with van der Waals surface area (Å²) in [5, 5.41) is 4.70. The molecule has 1 aromatic heterocycles. The number of hydrogen-bond acceptors (Lipinski definition) is 2. The zero-order valence-corrected chi connectivity index (χ0v) is 10.7. The van der Waals surface area contributed by atoms with E-state index in [9.17, 15) is 0 Å². The molecule has 0 aromatic carbocycles. The fourth-order valence-corrected chi connectivity index (χ4v) is 2.53. The molecule has 0 amide bonds. The van der Waals surface area contributed by atoms with Gasteiger partial charge in [-0.25, -0.2) is 0 Å². The summed E-state index contributed by atoms with van der Waals surface area (Å²) < 4.78 is 2.30. The minimum Gasteiger partial charge on any atom is -0.288 e. The number of aryl methyl sites for hydroxylation is 1. The summed E-state index contributed by atoms with van der Waals surface area (Å²) in [5.41, 5.74) is 4.48. The lowest BCUT2D eigenvalue weighted by atomic mass is 10.1. The molecular formula is C13H21N3. The van der Waals surface area contributed by atoms with Gasteiger partial charge in [-0.2, -0.15) is 5.10 Å².